The van der Waals surface area contributed by atoms with Crippen LogP contribution in [0.4, 0.5) is 4.39 Å². The van der Waals surface area contributed by atoms with Crippen molar-refractivity contribution in [1.82, 2.24) is 9.88 Å². The minimum Gasteiger partial charge on any atom is -0.469 e. The van der Waals surface area contributed by atoms with Crippen LogP contribution in [-0.4, -0.2) is 22.3 Å². The average molecular weight is 388 g/mol. The molecule has 2 aromatic carbocycles. The van der Waals surface area contributed by atoms with Gasteiger partial charge in [0.15, 0.2) is 0 Å². The Kier molecular flexibility index (Phi) is 4.43. The van der Waals surface area contributed by atoms with E-state index in [2.05, 4.69) is 11.1 Å². The number of nitrogens with one attached hydrogen (secondary N) is 1. The van der Waals surface area contributed by atoms with E-state index in [0.717, 1.165) is 28.8 Å². The van der Waals surface area contributed by atoms with Crippen LogP contribution in [0.1, 0.15) is 35.0 Å². The first-order chi connectivity index (χ1) is 14.2. The molecule has 146 valence electrons. The Hall–Kier alpha value is -3.34. The molecule has 0 saturated carbocycles. The highest BCUT2D eigenvalue weighted by molar-refractivity contribution is 5.86. The van der Waals surface area contributed by atoms with Gasteiger partial charge in [-0.25, -0.2) is 4.39 Å². The lowest BCUT2D eigenvalue weighted by Crippen LogP contribution is -2.41. The van der Waals surface area contributed by atoms with Gasteiger partial charge in [-0.15, -0.1) is 0 Å². The summed E-state index contributed by atoms with van der Waals surface area (Å²) in [6, 6.07) is 18.0. The van der Waals surface area contributed by atoms with Crippen molar-refractivity contribution in [1.29, 1.82) is 0 Å². The number of aromatic amines is 1. The van der Waals surface area contributed by atoms with Crippen LogP contribution in [0.15, 0.2) is 71.3 Å². The van der Waals surface area contributed by atoms with E-state index < -0.39 is 6.04 Å². The highest BCUT2D eigenvalue weighted by Gasteiger charge is 2.35. The van der Waals surface area contributed by atoms with Crippen molar-refractivity contribution < 1.29 is 13.6 Å². The van der Waals surface area contributed by atoms with E-state index in [-0.39, 0.29) is 11.7 Å². The number of para-hydroxylation sites is 1. The van der Waals surface area contributed by atoms with Crippen LogP contribution in [0.2, 0.25) is 0 Å². The lowest BCUT2D eigenvalue weighted by molar-refractivity contribution is -0.133. The van der Waals surface area contributed by atoms with Crippen molar-refractivity contribution in [3.8, 4) is 0 Å². The Morgan fingerprint density at radius 2 is 1.93 bits per heavy atom. The van der Waals surface area contributed by atoms with Crippen LogP contribution in [0.25, 0.3) is 10.9 Å². The molecule has 1 aliphatic heterocycles. The highest BCUT2D eigenvalue weighted by Crippen LogP contribution is 2.39. The number of aryl methyl sites for hydroxylation is 1. The van der Waals surface area contributed by atoms with Gasteiger partial charge in [-0.2, -0.15) is 0 Å². The fraction of sp³-hybridized carbons (Fsp3) is 0.208. The molecule has 0 unspecified atom stereocenters. The molecule has 29 heavy (non-hydrogen) atoms. The Balaban J connectivity index is 1.56. The Labute approximate surface area is 168 Å². The largest absolute Gasteiger partial charge is 0.469 e. The number of hydrogen-bond acceptors (Lipinski definition) is 2. The van der Waals surface area contributed by atoms with E-state index >= 15 is 0 Å². The third-order valence-corrected chi connectivity index (χ3v) is 5.72. The molecular weight excluding hydrogens is 367 g/mol. The third-order valence-electron chi connectivity index (χ3n) is 5.72. The number of furan rings is 1. The van der Waals surface area contributed by atoms with Gasteiger partial charge in [-0.3, -0.25) is 4.79 Å². The molecule has 5 rings (SSSR count). The van der Waals surface area contributed by atoms with E-state index in [1.54, 1.807) is 23.3 Å². The Morgan fingerprint density at radius 1 is 1.10 bits per heavy atom. The number of carbonyl (C=O) groups excluding carboxylic acids is 1. The molecule has 0 radical (unpaired) electrons. The number of rotatable bonds is 4. The van der Waals surface area contributed by atoms with E-state index in [1.165, 1.54) is 11.6 Å². The van der Waals surface area contributed by atoms with Gasteiger partial charge in [0.25, 0.3) is 0 Å². The van der Waals surface area contributed by atoms with Crippen molar-refractivity contribution in [3.63, 3.8) is 0 Å². The Bertz CT molecular complexity index is 1160. The molecule has 0 spiro atoms. The van der Waals surface area contributed by atoms with Gasteiger partial charge in [0.05, 0.1) is 6.26 Å². The molecule has 4 nitrogen and oxygen atoms in total. The molecule has 0 fully saturated rings. The number of amides is 1. The van der Waals surface area contributed by atoms with Gasteiger partial charge in [-0.05, 0) is 36.2 Å². The van der Waals surface area contributed by atoms with Crippen LogP contribution in [0.5, 0.6) is 0 Å². The fourth-order valence-electron chi connectivity index (χ4n) is 4.36. The first-order valence-electron chi connectivity index (χ1n) is 9.88. The lowest BCUT2D eigenvalue weighted by atomic mass is 9.91. The molecule has 1 N–H and O–H groups in total. The number of H-pyrrole nitrogens is 1. The molecule has 4 aromatic rings. The topological polar surface area (TPSA) is 49.2 Å². The zero-order chi connectivity index (χ0) is 19.8. The van der Waals surface area contributed by atoms with Gasteiger partial charge in [-0.1, -0.05) is 36.4 Å². The second-order valence-corrected chi connectivity index (χ2v) is 7.40. The van der Waals surface area contributed by atoms with E-state index in [1.807, 2.05) is 36.4 Å². The second kappa shape index (κ2) is 7.24. The van der Waals surface area contributed by atoms with Gasteiger partial charge >= 0.3 is 0 Å². The maximum absolute atomic E-state index is 14.8. The average Bonchev–Trinajstić information content (AvgIpc) is 3.39. The van der Waals surface area contributed by atoms with Gasteiger partial charge < -0.3 is 14.3 Å². The van der Waals surface area contributed by atoms with Crippen LogP contribution in [0, 0.1) is 5.82 Å². The number of aromatic nitrogens is 1. The first kappa shape index (κ1) is 17.7. The molecule has 0 saturated heterocycles. The molecular formula is C24H21FN2O2. The van der Waals surface area contributed by atoms with Crippen LogP contribution < -0.4 is 0 Å². The summed E-state index contributed by atoms with van der Waals surface area (Å²) < 4.78 is 20.2. The summed E-state index contributed by atoms with van der Waals surface area (Å²) >= 11 is 0. The fourth-order valence-corrected chi connectivity index (χ4v) is 4.36. The normalized spacial score (nSPS) is 16.2. The lowest BCUT2D eigenvalue weighted by Gasteiger charge is -2.36. The van der Waals surface area contributed by atoms with Crippen molar-refractivity contribution in [3.05, 3.63) is 95.3 Å². The number of hydrogen-bond donors (Lipinski definition) is 1. The standard InChI is InChI=1S/C24H21FN2O2/c25-20-9-3-1-8-19(20)24-23-18(17-7-2-4-10-21(17)26-23)13-14-27(24)22(28)12-11-16-6-5-15-29-16/h1-10,15,24,26H,11-14H2/t24-/m0/s1. The number of carbonyl (C=O) groups is 1. The summed E-state index contributed by atoms with van der Waals surface area (Å²) in [4.78, 5) is 18.4. The zero-order valence-electron chi connectivity index (χ0n) is 15.9. The van der Waals surface area contributed by atoms with Crippen molar-refractivity contribution in [2.24, 2.45) is 0 Å². The van der Waals surface area contributed by atoms with E-state index in [9.17, 15) is 9.18 Å². The number of nitrogens with zero attached hydrogens (tertiary/aromatic N) is 1. The monoisotopic (exact) mass is 388 g/mol. The van der Waals surface area contributed by atoms with Gasteiger partial charge in [0.2, 0.25) is 5.91 Å². The minimum atomic E-state index is -0.462. The van der Waals surface area contributed by atoms with Crippen molar-refractivity contribution in [2.75, 3.05) is 6.54 Å². The predicted molar refractivity (Wildman–Crippen MR) is 109 cm³/mol. The summed E-state index contributed by atoms with van der Waals surface area (Å²) in [5.74, 6) is 0.482. The summed E-state index contributed by atoms with van der Waals surface area (Å²) in [7, 11) is 0. The SMILES string of the molecule is O=C(CCc1ccco1)N1CCc2c([nH]c3ccccc23)[C@@H]1c1ccccc1F. The number of halogens is 1. The van der Waals surface area contributed by atoms with Gasteiger partial charge in [0.1, 0.15) is 17.6 Å². The smallest absolute Gasteiger partial charge is 0.223 e. The molecule has 3 heterocycles. The number of fused-ring (bicyclic) bond motifs is 3. The molecule has 1 aliphatic rings. The molecule has 0 bridgehead atoms. The quantitative estimate of drug-likeness (QED) is 0.534. The second-order valence-electron chi connectivity index (χ2n) is 7.40. The predicted octanol–water partition coefficient (Wildman–Crippen LogP) is 5.01. The summed E-state index contributed by atoms with van der Waals surface area (Å²) in [6.07, 6.45) is 3.22. The minimum absolute atomic E-state index is 0.000964. The molecule has 0 aliphatic carbocycles. The van der Waals surface area contributed by atoms with Crippen LogP contribution >= 0.6 is 0 Å². The third kappa shape index (κ3) is 3.12. The molecule has 2 aromatic heterocycles. The first-order valence-corrected chi connectivity index (χ1v) is 9.88. The molecule has 5 heteroatoms. The van der Waals surface area contributed by atoms with Crippen LogP contribution in [0.3, 0.4) is 0 Å². The molecule has 1 atom stereocenters. The highest BCUT2D eigenvalue weighted by atomic mass is 19.1. The summed E-state index contributed by atoms with van der Waals surface area (Å²) in [5.41, 5.74) is 3.62. The van der Waals surface area contributed by atoms with E-state index in [4.69, 9.17) is 4.42 Å². The maximum Gasteiger partial charge on any atom is 0.223 e. The van der Waals surface area contributed by atoms with Crippen LogP contribution in [-0.2, 0) is 17.6 Å². The van der Waals surface area contributed by atoms with Gasteiger partial charge in [0, 0.05) is 41.5 Å². The van der Waals surface area contributed by atoms with E-state index in [0.29, 0.717) is 24.9 Å². The van der Waals surface area contributed by atoms with Crippen molar-refractivity contribution >= 4 is 16.8 Å². The molecule has 1 amide bonds. The number of benzene rings is 2. The zero-order valence-corrected chi connectivity index (χ0v) is 15.9. The summed E-state index contributed by atoms with van der Waals surface area (Å²) in [6.45, 7) is 0.560. The van der Waals surface area contributed by atoms with Crippen molar-refractivity contribution in [2.45, 2.75) is 25.3 Å². The summed E-state index contributed by atoms with van der Waals surface area (Å²) in [5, 5.41) is 1.14. The maximum atomic E-state index is 14.8. The Morgan fingerprint density at radius 3 is 2.76 bits per heavy atom.